The number of carbonyl (C=O) groups excluding carboxylic acids is 1. The van der Waals surface area contributed by atoms with Gasteiger partial charge in [0.2, 0.25) is 0 Å². The Morgan fingerprint density at radius 3 is 2.85 bits per heavy atom. The number of fused-ring (bicyclic) bond motifs is 4. The van der Waals surface area contributed by atoms with E-state index in [4.69, 9.17) is 10.5 Å². The fourth-order valence-electron chi connectivity index (χ4n) is 4.46. The van der Waals surface area contributed by atoms with Crippen molar-refractivity contribution in [2.75, 3.05) is 19.4 Å². The number of halogens is 1. The molecule has 0 radical (unpaired) electrons. The molecule has 1 amide bonds. The third kappa shape index (κ3) is 2.99. The molecule has 0 bridgehead atoms. The van der Waals surface area contributed by atoms with E-state index < -0.39 is 11.7 Å². The van der Waals surface area contributed by atoms with Gasteiger partial charge in [-0.2, -0.15) is 5.10 Å². The van der Waals surface area contributed by atoms with E-state index in [0.717, 1.165) is 16.7 Å². The lowest BCUT2D eigenvalue weighted by atomic mass is 10.0. The van der Waals surface area contributed by atoms with Crippen molar-refractivity contribution in [1.82, 2.24) is 29.0 Å². The van der Waals surface area contributed by atoms with Crippen molar-refractivity contribution in [3.63, 3.8) is 0 Å². The van der Waals surface area contributed by atoms with Crippen molar-refractivity contribution in [3.05, 3.63) is 72.2 Å². The normalized spacial score (nSPS) is 15.0. The fourth-order valence-corrected chi connectivity index (χ4v) is 4.46. The standard InChI is InChI=1S/C24H20FN7O2/c1-30-10-14(8-28-30)13-3-4-15-21(11-34-22(15)5-13)31(2)24(33)16-6-19-18(7-17(16)25)29-23(26)20-9-27-12-32(19)20/h3-10,12,21H,11H2,1-2H3,(H2,26,29). The minimum Gasteiger partial charge on any atom is -0.491 e. The van der Waals surface area contributed by atoms with Crippen LogP contribution in [0.1, 0.15) is 22.0 Å². The van der Waals surface area contributed by atoms with Crippen molar-refractivity contribution in [2.45, 2.75) is 6.04 Å². The highest BCUT2D eigenvalue weighted by atomic mass is 19.1. The molecular formula is C24H20FN7O2. The largest absolute Gasteiger partial charge is 0.491 e. The van der Waals surface area contributed by atoms with E-state index in [-0.39, 0.29) is 24.0 Å². The molecule has 4 heterocycles. The molecule has 0 saturated carbocycles. The molecule has 6 rings (SSSR count). The Morgan fingerprint density at radius 1 is 1.21 bits per heavy atom. The number of hydrogen-bond donors (Lipinski definition) is 1. The molecule has 1 aliphatic heterocycles. The van der Waals surface area contributed by atoms with Crippen LogP contribution in [0.15, 0.2) is 55.2 Å². The zero-order valence-corrected chi connectivity index (χ0v) is 18.4. The highest BCUT2D eigenvalue weighted by Crippen LogP contribution is 2.39. The van der Waals surface area contributed by atoms with Crippen LogP contribution in [0.4, 0.5) is 10.2 Å². The van der Waals surface area contributed by atoms with Gasteiger partial charge in [0.25, 0.3) is 5.91 Å². The summed E-state index contributed by atoms with van der Waals surface area (Å²) in [6, 6.07) is 8.22. The highest BCUT2D eigenvalue weighted by molar-refractivity contribution is 5.98. The number of nitrogens with zero attached hydrogens (tertiary/aromatic N) is 6. The van der Waals surface area contributed by atoms with Crippen LogP contribution in [0.25, 0.3) is 27.7 Å². The van der Waals surface area contributed by atoms with E-state index in [9.17, 15) is 4.79 Å². The molecule has 0 spiro atoms. The third-order valence-corrected chi connectivity index (χ3v) is 6.29. The number of nitrogen functional groups attached to an aromatic ring is 1. The summed E-state index contributed by atoms with van der Waals surface area (Å²) in [5, 5.41) is 4.21. The summed E-state index contributed by atoms with van der Waals surface area (Å²) in [5.74, 6) is -0.181. The lowest BCUT2D eigenvalue weighted by Crippen LogP contribution is -2.32. The minimum absolute atomic E-state index is 0.0583. The van der Waals surface area contributed by atoms with Crippen LogP contribution < -0.4 is 10.5 Å². The van der Waals surface area contributed by atoms with E-state index in [2.05, 4.69) is 15.1 Å². The van der Waals surface area contributed by atoms with Crippen molar-refractivity contribution >= 4 is 28.3 Å². The summed E-state index contributed by atoms with van der Waals surface area (Å²) < 4.78 is 24.3. The van der Waals surface area contributed by atoms with Gasteiger partial charge in [0, 0.05) is 37.5 Å². The van der Waals surface area contributed by atoms with Gasteiger partial charge in [-0.3, -0.25) is 13.9 Å². The van der Waals surface area contributed by atoms with Crippen LogP contribution in [0.3, 0.4) is 0 Å². The second-order valence-corrected chi connectivity index (χ2v) is 8.36. The second-order valence-electron chi connectivity index (χ2n) is 8.36. The lowest BCUT2D eigenvalue weighted by molar-refractivity contribution is 0.0704. The van der Waals surface area contributed by atoms with Crippen LogP contribution in [0.2, 0.25) is 0 Å². The number of carbonyl (C=O) groups is 1. The summed E-state index contributed by atoms with van der Waals surface area (Å²) in [6.45, 7) is 0.285. The Balaban J connectivity index is 1.35. The average Bonchev–Trinajstić information content (AvgIpc) is 3.57. The van der Waals surface area contributed by atoms with Crippen LogP contribution >= 0.6 is 0 Å². The van der Waals surface area contributed by atoms with Crippen molar-refractivity contribution < 1.29 is 13.9 Å². The van der Waals surface area contributed by atoms with Crippen LogP contribution in [0, 0.1) is 5.82 Å². The number of ether oxygens (including phenoxy) is 1. The molecule has 10 heteroatoms. The van der Waals surface area contributed by atoms with E-state index >= 15 is 4.39 Å². The number of imidazole rings is 1. The molecule has 1 atom stereocenters. The number of aromatic nitrogens is 5. The van der Waals surface area contributed by atoms with E-state index in [1.54, 1.807) is 34.9 Å². The molecule has 170 valence electrons. The Bertz CT molecular complexity index is 1610. The highest BCUT2D eigenvalue weighted by Gasteiger charge is 2.32. The number of rotatable bonds is 3. The Labute approximate surface area is 193 Å². The first kappa shape index (κ1) is 20.2. The van der Waals surface area contributed by atoms with Gasteiger partial charge < -0.3 is 15.4 Å². The Morgan fingerprint density at radius 2 is 2.06 bits per heavy atom. The van der Waals surface area contributed by atoms with Crippen molar-refractivity contribution in [1.29, 1.82) is 0 Å². The Hall–Kier alpha value is -4.47. The smallest absolute Gasteiger partial charge is 0.257 e. The maximum Gasteiger partial charge on any atom is 0.257 e. The number of likely N-dealkylation sites (N-methyl/N-ethyl adjacent to an activating group) is 1. The molecule has 3 aromatic heterocycles. The molecular weight excluding hydrogens is 437 g/mol. The molecule has 5 aromatic rings. The average molecular weight is 457 g/mol. The molecule has 1 aliphatic rings. The summed E-state index contributed by atoms with van der Waals surface area (Å²) in [7, 11) is 3.51. The predicted molar refractivity (Wildman–Crippen MR) is 124 cm³/mol. The van der Waals surface area contributed by atoms with Gasteiger partial charge in [0.05, 0.1) is 41.4 Å². The van der Waals surface area contributed by atoms with Crippen LogP contribution in [-0.2, 0) is 7.05 Å². The lowest BCUT2D eigenvalue weighted by Gasteiger charge is -2.24. The molecule has 0 aliphatic carbocycles. The molecule has 0 saturated heterocycles. The fraction of sp³-hybridized carbons (Fsp3) is 0.167. The Kier molecular flexibility index (Phi) is 4.31. The van der Waals surface area contributed by atoms with Gasteiger partial charge in [-0.25, -0.2) is 14.4 Å². The van der Waals surface area contributed by atoms with Crippen molar-refractivity contribution in [2.24, 2.45) is 7.05 Å². The zero-order valence-electron chi connectivity index (χ0n) is 18.4. The monoisotopic (exact) mass is 457 g/mol. The number of hydrogen-bond acceptors (Lipinski definition) is 6. The third-order valence-electron chi connectivity index (χ3n) is 6.29. The first-order valence-corrected chi connectivity index (χ1v) is 10.6. The van der Waals surface area contributed by atoms with E-state index in [1.165, 1.54) is 17.0 Å². The second kappa shape index (κ2) is 7.27. The van der Waals surface area contributed by atoms with Gasteiger partial charge >= 0.3 is 0 Å². The first-order chi connectivity index (χ1) is 16.4. The summed E-state index contributed by atoms with van der Waals surface area (Å²) >= 11 is 0. The number of benzene rings is 2. The van der Waals surface area contributed by atoms with Gasteiger partial charge in [0.1, 0.15) is 29.5 Å². The number of nitrogens with two attached hydrogens (primary N) is 1. The first-order valence-electron chi connectivity index (χ1n) is 10.6. The molecule has 2 N–H and O–H groups in total. The maximum atomic E-state index is 15.0. The summed E-state index contributed by atoms with van der Waals surface area (Å²) in [4.78, 5) is 23.2. The van der Waals surface area contributed by atoms with Gasteiger partial charge in [-0.05, 0) is 17.7 Å². The zero-order chi connectivity index (χ0) is 23.6. The predicted octanol–water partition coefficient (Wildman–Crippen LogP) is 3.21. The van der Waals surface area contributed by atoms with E-state index in [0.29, 0.717) is 22.3 Å². The van der Waals surface area contributed by atoms with Crippen LogP contribution in [-0.4, -0.2) is 48.6 Å². The number of aryl methyl sites for hydroxylation is 1. The summed E-state index contributed by atoms with van der Waals surface area (Å²) in [5.41, 5.74) is 10.2. The van der Waals surface area contributed by atoms with Crippen molar-refractivity contribution in [3.8, 4) is 16.9 Å². The molecule has 0 fully saturated rings. The number of anilines is 1. The quantitative estimate of drug-likeness (QED) is 0.446. The summed E-state index contributed by atoms with van der Waals surface area (Å²) in [6.07, 6.45) is 6.84. The molecule has 9 nitrogen and oxygen atoms in total. The van der Waals surface area contributed by atoms with Gasteiger partial charge in [-0.15, -0.1) is 0 Å². The van der Waals surface area contributed by atoms with E-state index in [1.807, 2.05) is 31.4 Å². The SMILES string of the molecule is CN(C(=O)c1cc2c(cc1F)nc(N)c1cncn12)C1COc2cc(-c3cnn(C)c3)ccc21. The number of amides is 1. The molecule has 34 heavy (non-hydrogen) atoms. The van der Waals surface area contributed by atoms with Gasteiger partial charge in [-0.1, -0.05) is 12.1 Å². The maximum absolute atomic E-state index is 15.0. The topological polar surface area (TPSA) is 104 Å². The van der Waals surface area contributed by atoms with Gasteiger partial charge in [0.15, 0.2) is 0 Å². The minimum atomic E-state index is -0.665. The molecule has 1 unspecified atom stereocenters. The van der Waals surface area contributed by atoms with Crippen LogP contribution in [0.5, 0.6) is 5.75 Å². The molecule has 2 aromatic carbocycles.